The van der Waals surface area contributed by atoms with Gasteiger partial charge in [-0.15, -0.1) is 0 Å². The van der Waals surface area contributed by atoms with Gasteiger partial charge in [0.2, 0.25) is 0 Å². The Morgan fingerprint density at radius 2 is 1.94 bits per heavy atom. The molecule has 6 heteroatoms. The fraction of sp³-hybridized carbons (Fsp3) is 0.167. The monoisotopic (exact) mass is 253 g/mol. The number of anilines is 1. The van der Waals surface area contributed by atoms with Gasteiger partial charge in [-0.3, -0.25) is 4.98 Å². The number of rotatable bonds is 2. The SMILES string of the molecule is CNc1cccc(-c2cnccc2C(F)(F)F)n1. The average molecular weight is 253 g/mol. The van der Waals surface area contributed by atoms with Gasteiger partial charge in [0.25, 0.3) is 0 Å². The number of pyridine rings is 2. The van der Waals surface area contributed by atoms with E-state index in [1.165, 1.54) is 12.3 Å². The highest BCUT2D eigenvalue weighted by molar-refractivity contribution is 5.64. The maximum absolute atomic E-state index is 12.8. The Labute approximate surface area is 102 Å². The van der Waals surface area contributed by atoms with Crippen LogP contribution >= 0.6 is 0 Å². The van der Waals surface area contributed by atoms with Gasteiger partial charge in [-0.25, -0.2) is 4.98 Å². The smallest absolute Gasteiger partial charge is 0.373 e. The summed E-state index contributed by atoms with van der Waals surface area (Å²) in [5.41, 5.74) is -0.525. The molecular formula is C12H10F3N3. The fourth-order valence-corrected chi connectivity index (χ4v) is 1.57. The van der Waals surface area contributed by atoms with E-state index in [0.29, 0.717) is 5.82 Å². The Morgan fingerprint density at radius 1 is 1.17 bits per heavy atom. The van der Waals surface area contributed by atoms with E-state index in [0.717, 1.165) is 12.3 Å². The lowest BCUT2D eigenvalue weighted by molar-refractivity contribution is -0.137. The molecule has 0 aliphatic heterocycles. The van der Waals surface area contributed by atoms with Crippen molar-refractivity contribution in [2.45, 2.75) is 6.18 Å². The van der Waals surface area contributed by atoms with Crippen molar-refractivity contribution in [1.82, 2.24) is 9.97 Å². The molecule has 0 atom stereocenters. The summed E-state index contributed by atoms with van der Waals surface area (Å²) in [6, 6.07) is 5.78. The standard InChI is InChI=1S/C12H10F3N3/c1-16-11-4-2-3-10(18-11)8-7-17-6-5-9(8)12(13,14)15/h2-7H,1H3,(H,16,18). The molecule has 0 amide bonds. The average Bonchev–Trinajstić information content (AvgIpc) is 2.38. The highest BCUT2D eigenvalue weighted by atomic mass is 19.4. The van der Waals surface area contributed by atoms with E-state index >= 15 is 0 Å². The number of aromatic nitrogens is 2. The van der Waals surface area contributed by atoms with Crippen molar-refractivity contribution in [3.8, 4) is 11.3 Å². The van der Waals surface area contributed by atoms with Crippen molar-refractivity contribution >= 4 is 5.82 Å². The molecule has 0 unspecified atom stereocenters. The summed E-state index contributed by atoms with van der Waals surface area (Å²) < 4.78 is 38.5. The third kappa shape index (κ3) is 2.42. The number of hydrogen-bond donors (Lipinski definition) is 1. The Morgan fingerprint density at radius 3 is 2.61 bits per heavy atom. The summed E-state index contributed by atoms with van der Waals surface area (Å²) in [5.74, 6) is 0.504. The van der Waals surface area contributed by atoms with Crippen LogP contribution in [0, 0.1) is 0 Å². The molecule has 18 heavy (non-hydrogen) atoms. The van der Waals surface area contributed by atoms with Gasteiger partial charge in [-0.1, -0.05) is 6.07 Å². The molecule has 0 saturated heterocycles. The summed E-state index contributed by atoms with van der Waals surface area (Å²) in [6.07, 6.45) is -2.13. The van der Waals surface area contributed by atoms with Crippen molar-refractivity contribution in [3.63, 3.8) is 0 Å². The first-order valence-corrected chi connectivity index (χ1v) is 5.19. The molecule has 0 bridgehead atoms. The normalized spacial score (nSPS) is 11.3. The van der Waals surface area contributed by atoms with E-state index in [1.54, 1.807) is 19.2 Å². The van der Waals surface area contributed by atoms with Gasteiger partial charge < -0.3 is 5.32 Å². The molecule has 2 heterocycles. The van der Waals surface area contributed by atoms with Gasteiger partial charge in [0.15, 0.2) is 0 Å². The maximum Gasteiger partial charge on any atom is 0.417 e. The summed E-state index contributed by atoms with van der Waals surface area (Å²) in [5, 5.41) is 2.78. The molecule has 3 nitrogen and oxygen atoms in total. The summed E-state index contributed by atoms with van der Waals surface area (Å²) >= 11 is 0. The van der Waals surface area contributed by atoms with E-state index in [1.807, 2.05) is 0 Å². The number of nitrogens with zero attached hydrogens (tertiary/aromatic N) is 2. The van der Waals surface area contributed by atoms with Crippen LogP contribution in [0.15, 0.2) is 36.7 Å². The van der Waals surface area contributed by atoms with Gasteiger partial charge in [0.1, 0.15) is 5.82 Å². The maximum atomic E-state index is 12.8. The fourth-order valence-electron chi connectivity index (χ4n) is 1.57. The van der Waals surface area contributed by atoms with Crippen LogP contribution in [-0.2, 0) is 6.18 Å². The second kappa shape index (κ2) is 4.64. The van der Waals surface area contributed by atoms with Crippen molar-refractivity contribution in [3.05, 3.63) is 42.2 Å². The van der Waals surface area contributed by atoms with Crippen LogP contribution in [0.5, 0.6) is 0 Å². The zero-order valence-corrected chi connectivity index (χ0v) is 9.49. The Hall–Kier alpha value is -2.11. The summed E-state index contributed by atoms with van der Waals surface area (Å²) in [7, 11) is 1.65. The van der Waals surface area contributed by atoms with Crippen LogP contribution in [-0.4, -0.2) is 17.0 Å². The zero-order valence-electron chi connectivity index (χ0n) is 9.49. The molecule has 0 aliphatic rings. The van der Waals surface area contributed by atoms with Crippen molar-refractivity contribution in [2.24, 2.45) is 0 Å². The second-order valence-corrected chi connectivity index (χ2v) is 3.58. The molecule has 0 spiro atoms. The highest BCUT2D eigenvalue weighted by Gasteiger charge is 2.33. The third-order valence-electron chi connectivity index (χ3n) is 2.41. The van der Waals surface area contributed by atoms with Crippen LogP contribution in [0.4, 0.5) is 19.0 Å². The van der Waals surface area contributed by atoms with Crippen LogP contribution in [0.1, 0.15) is 5.56 Å². The van der Waals surface area contributed by atoms with Crippen LogP contribution < -0.4 is 5.32 Å². The molecule has 0 aliphatic carbocycles. The van der Waals surface area contributed by atoms with E-state index in [-0.39, 0.29) is 11.3 Å². The number of halogens is 3. The molecule has 94 valence electrons. The molecule has 0 saturated carbocycles. The van der Waals surface area contributed by atoms with Crippen LogP contribution in [0.25, 0.3) is 11.3 Å². The minimum absolute atomic E-state index is 0.0258. The van der Waals surface area contributed by atoms with E-state index in [9.17, 15) is 13.2 Å². The Balaban J connectivity index is 2.57. The van der Waals surface area contributed by atoms with E-state index < -0.39 is 11.7 Å². The van der Waals surface area contributed by atoms with Gasteiger partial charge in [-0.05, 0) is 18.2 Å². The number of hydrogen-bond acceptors (Lipinski definition) is 3. The van der Waals surface area contributed by atoms with Crippen molar-refractivity contribution < 1.29 is 13.2 Å². The molecular weight excluding hydrogens is 243 g/mol. The minimum Gasteiger partial charge on any atom is -0.373 e. The highest BCUT2D eigenvalue weighted by Crippen LogP contribution is 2.35. The van der Waals surface area contributed by atoms with Gasteiger partial charge in [0.05, 0.1) is 11.3 Å². The molecule has 2 rings (SSSR count). The molecule has 0 aromatic carbocycles. The summed E-state index contributed by atoms with van der Waals surface area (Å²) in [4.78, 5) is 7.81. The largest absolute Gasteiger partial charge is 0.417 e. The first-order valence-electron chi connectivity index (χ1n) is 5.19. The minimum atomic E-state index is -4.42. The zero-order chi connectivity index (χ0) is 13.2. The van der Waals surface area contributed by atoms with Crippen LogP contribution in [0.3, 0.4) is 0 Å². The lowest BCUT2D eigenvalue weighted by Crippen LogP contribution is -2.08. The lowest BCUT2D eigenvalue weighted by Gasteiger charge is -2.12. The molecule has 0 radical (unpaired) electrons. The third-order valence-corrected chi connectivity index (χ3v) is 2.41. The van der Waals surface area contributed by atoms with Crippen LogP contribution in [0.2, 0.25) is 0 Å². The van der Waals surface area contributed by atoms with Crippen molar-refractivity contribution in [2.75, 3.05) is 12.4 Å². The quantitative estimate of drug-likeness (QED) is 0.893. The number of alkyl halides is 3. The lowest BCUT2D eigenvalue weighted by atomic mass is 10.1. The molecule has 0 fully saturated rings. The predicted molar refractivity (Wildman–Crippen MR) is 62.0 cm³/mol. The predicted octanol–water partition coefficient (Wildman–Crippen LogP) is 3.20. The summed E-state index contributed by atoms with van der Waals surface area (Å²) in [6.45, 7) is 0. The van der Waals surface area contributed by atoms with Gasteiger partial charge in [-0.2, -0.15) is 13.2 Å². The topological polar surface area (TPSA) is 37.8 Å². The van der Waals surface area contributed by atoms with Gasteiger partial charge in [0, 0.05) is 25.0 Å². The van der Waals surface area contributed by atoms with E-state index in [2.05, 4.69) is 15.3 Å². The first kappa shape index (κ1) is 12.3. The van der Waals surface area contributed by atoms with Gasteiger partial charge >= 0.3 is 6.18 Å². The molecule has 1 N–H and O–H groups in total. The number of nitrogens with one attached hydrogen (secondary N) is 1. The van der Waals surface area contributed by atoms with E-state index in [4.69, 9.17) is 0 Å². The first-order chi connectivity index (χ1) is 8.52. The second-order valence-electron chi connectivity index (χ2n) is 3.58. The molecule has 2 aromatic rings. The molecule has 2 aromatic heterocycles. The van der Waals surface area contributed by atoms with Crippen molar-refractivity contribution in [1.29, 1.82) is 0 Å². The Bertz CT molecular complexity index is 552. The Kier molecular flexibility index (Phi) is 3.18.